The third-order valence-corrected chi connectivity index (χ3v) is 9.36. The van der Waals surface area contributed by atoms with Crippen LogP contribution in [0.25, 0.3) is 11.2 Å². The van der Waals surface area contributed by atoms with E-state index in [1.54, 1.807) is 14.2 Å². The summed E-state index contributed by atoms with van der Waals surface area (Å²) in [5.74, 6) is 1.47. The number of benzene rings is 2. The van der Waals surface area contributed by atoms with Crippen molar-refractivity contribution in [2.45, 2.75) is 45.1 Å². The summed E-state index contributed by atoms with van der Waals surface area (Å²) >= 11 is 0. The van der Waals surface area contributed by atoms with Gasteiger partial charge in [-0.3, -0.25) is 0 Å². The third-order valence-electron chi connectivity index (χ3n) is 9.36. The number of rotatable bonds is 10. The number of hydrogen-bond donors (Lipinski definition) is 2. The number of amides is 1. The first kappa shape index (κ1) is 30.1. The number of pyridine rings is 1. The van der Waals surface area contributed by atoms with Crippen LogP contribution in [0, 0.1) is 12.3 Å². The smallest absolute Gasteiger partial charge is 0.328 e. The Kier molecular flexibility index (Phi) is 7.85. The van der Waals surface area contributed by atoms with Gasteiger partial charge in [0.25, 0.3) is 0 Å². The molecule has 2 atom stereocenters. The average molecular weight is 628 g/mol. The molecule has 3 aliphatic rings. The van der Waals surface area contributed by atoms with Gasteiger partial charge in [-0.15, -0.1) is 0 Å². The Bertz CT molecular complexity index is 1760. The minimum Gasteiger partial charge on any atom is -0.497 e. The number of carbonyl (C=O) groups excluding carboxylic acids is 1. The van der Waals surface area contributed by atoms with Crippen LogP contribution in [0.2, 0.25) is 0 Å². The molecule has 1 spiro atoms. The number of imidazole rings is 1. The van der Waals surface area contributed by atoms with Crippen molar-refractivity contribution >= 4 is 34.3 Å². The largest absolute Gasteiger partial charge is 0.497 e. The zero-order valence-corrected chi connectivity index (χ0v) is 26.8. The predicted octanol–water partition coefficient (Wildman–Crippen LogP) is 4.12. The molecule has 0 bridgehead atoms. The molecule has 12 nitrogen and oxygen atoms in total. The summed E-state index contributed by atoms with van der Waals surface area (Å²) in [6.07, 6.45) is 3.17. The van der Waals surface area contributed by atoms with Crippen LogP contribution in [-0.4, -0.2) is 80.3 Å². The van der Waals surface area contributed by atoms with E-state index in [1.165, 1.54) is 10.9 Å². The number of anilines is 3. The van der Waals surface area contributed by atoms with Crippen LogP contribution in [-0.2, 0) is 22.6 Å². The lowest BCUT2D eigenvalue weighted by Crippen LogP contribution is -2.66. The van der Waals surface area contributed by atoms with Crippen molar-refractivity contribution in [3.8, 4) is 11.5 Å². The van der Waals surface area contributed by atoms with Gasteiger partial charge in [-0.2, -0.15) is 0 Å². The maximum Gasteiger partial charge on any atom is 0.328 e. The van der Waals surface area contributed by atoms with Crippen molar-refractivity contribution in [3.05, 3.63) is 65.6 Å². The first-order valence-electron chi connectivity index (χ1n) is 15.7. The van der Waals surface area contributed by atoms with E-state index < -0.39 is 0 Å². The van der Waals surface area contributed by atoms with Gasteiger partial charge >= 0.3 is 6.03 Å². The standard InChI is InChI=1S/C34H41N7O5/c1-21-9-28(39(2)14-23-5-6-26(43-3)13-30(23)44-4)31-32(37-21)41(20-36-31)33(42)38-27-7-8-29(27)46-15-22-10-24(35)12-25(11-22)40-16-34(17-40)18-45-19-34/h5-6,9-13,20,27,29H,7-8,14-19,35H2,1-4H3,(H,38,42)/t27-,29-/m1/s1. The Labute approximate surface area is 268 Å². The molecule has 2 aromatic carbocycles. The maximum atomic E-state index is 13.5. The Morgan fingerprint density at radius 3 is 2.65 bits per heavy atom. The molecule has 12 heteroatoms. The van der Waals surface area contributed by atoms with Gasteiger partial charge < -0.3 is 39.8 Å². The van der Waals surface area contributed by atoms with Gasteiger partial charge in [0.05, 0.1) is 57.3 Å². The van der Waals surface area contributed by atoms with E-state index in [1.807, 2.05) is 50.4 Å². The van der Waals surface area contributed by atoms with E-state index in [0.29, 0.717) is 29.7 Å². The molecule has 46 heavy (non-hydrogen) atoms. The molecule has 2 aromatic heterocycles. The van der Waals surface area contributed by atoms with Crippen molar-refractivity contribution in [2.75, 3.05) is 63.1 Å². The number of nitrogens with zero attached hydrogens (tertiary/aromatic N) is 5. The molecule has 2 saturated heterocycles. The summed E-state index contributed by atoms with van der Waals surface area (Å²) in [6, 6.07) is 13.5. The molecule has 4 heterocycles. The zero-order chi connectivity index (χ0) is 32.0. The van der Waals surface area contributed by atoms with E-state index in [9.17, 15) is 4.79 Å². The van der Waals surface area contributed by atoms with Crippen LogP contribution in [0.3, 0.4) is 0 Å². The van der Waals surface area contributed by atoms with Crippen molar-refractivity contribution in [1.82, 2.24) is 19.9 Å². The normalized spacial score (nSPS) is 19.7. The molecule has 1 amide bonds. The lowest BCUT2D eigenvalue weighted by Gasteiger charge is -2.56. The summed E-state index contributed by atoms with van der Waals surface area (Å²) in [4.78, 5) is 27.2. The number of nitrogen functional groups attached to an aromatic ring is 1. The number of hydrogen-bond acceptors (Lipinski definition) is 10. The van der Waals surface area contributed by atoms with Crippen molar-refractivity contribution in [2.24, 2.45) is 5.41 Å². The lowest BCUT2D eigenvalue weighted by molar-refractivity contribution is -0.127. The maximum absolute atomic E-state index is 13.5. The van der Waals surface area contributed by atoms with Crippen molar-refractivity contribution in [3.63, 3.8) is 0 Å². The predicted molar refractivity (Wildman–Crippen MR) is 176 cm³/mol. The monoisotopic (exact) mass is 627 g/mol. The Hall–Kier alpha value is -4.55. The summed E-state index contributed by atoms with van der Waals surface area (Å²) in [7, 11) is 5.26. The molecule has 1 saturated carbocycles. The average Bonchev–Trinajstić information content (AvgIpc) is 3.41. The number of nitrogens with two attached hydrogens (primary N) is 1. The number of aromatic nitrogens is 3. The molecule has 3 fully saturated rings. The summed E-state index contributed by atoms with van der Waals surface area (Å²) < 4.78 is 24.1. The molecular formula is C34H41N7O5. The van der Waals surface area contributed by atoms with E-state index in [4.69, 9.17) is 24.7 Å². The van der Waals surface area contributed by atoms with Crippen LogP contribution in [0.1, 0.15) is 29.7 Å². The highest BCUT2D eigenvalue weighted by Gasteiger charge is 2.49. The molecule has 7 rings (SSSR count). The fraction of sp³-hybridized carbons (Fsp3) is 0.441. The minimum atomic E-state index is -0.276. The van der Waals surface area contributed by atoms with Gasteiger partial charge in [-0.1, -0.05) is 0 Å². The third kappa shape index (κ3) is 5.67. The summed E-state index contributed by atoms with van der Waals surface area (Å²) in [5.41, 5.74) is 13.3. The topological polar surface area (TPSA) is 129 Å². The summed E-state index contributed by atoms with van der Waals surface area (Å²) in [5, 5.41) is 3.14. The number of aryl methyl sites for hydroxylation is 1. The van der Waals surface area contributed by atoms with Gasteiger partial charge in [0.1, 0.15) is 23.3 Å². The quantitative estimate of drug-likeness (QED) is 0.248. The fourth-order valence-corrected chi connectivity index (χ4v) is 6.61. The van der Waals surface area contributed by atoms with Gasteiger partial charge in [0.2, 0.25) is 0 Å². The molecule has 3 N–H and O–H groups in total. The number of methoxy groups -OCH3 is 2. The number of nitrogens with one attached hydrogen (secondary N) is 1. The number of carbonyl (C=O) groups is 1. The van der Waals surface area contributed by atoms with E-state index in [-0.39, 0.29) is 18.2 Å². The van der Waals surface area contributed by atoms with Gasteiger partial charge in [-0.25, -0.2) is 19.3 Å². The first-order valence-corrected chi connectivity index (χ1v) is 15.7. The van der Waals surface area contributed by atoms with Crippen molar-refractivity contribution < 1.29 is 23.7 Å². The lowest BCUT2D eigenvalue weighted by atomic mass is 9.77. The molecule has 0 radical (unpaired) electrons. The highest BCUT2D eigenvalue weighted by molar-refractivity contribution is 5.93. The van der Waals surface area contributed by atoms with Crippen LogP contribution in [0.15, 0.2) is 48.8 Å². The van der Waals surface area contributed by atoms with E-state index >= 15 is 0 Å². The van der Waals surface area contributed by atoms with Crippen LogP contribution in [0.4, 0.5) is 21.9 Å². The van der Waals surface area contributed by atoms with Gasteiger partial charge in [0, 0.05) is 55.4 Å². The van der Waals surface area contributed by atoms with Crippen LogP contribution < -0.4 is 30.3 Å². The molecule has 2 aliphatic heterocycles. The van der Waals surface area contributed by atoms with Gasteiger partial charge in [-0.05, 0) is 61.7 Å². The van der Waals surface area contributed by atoms with Crippen LogP contribution in [0.5, 0.6) is 11.5 Å². The number of ether oxygens (including phenoxy) is 4. The highest BCUT2D eigenvalue weighted by atomic mass is 16.5. The molecule has 1 aliphatic carbocycles. The second-order valence-electron chi connectivity index (χ2n) is 12.9. The Balaban J connectivity index is 1.00. The van der Waals surface area contributed by atoms with E-state index in [2.05, 4.69) is 31.2 Å². The Morgan fingerprint density at radius 2 is 1.96 bits per heavy atom. The number of fused-ring (bicyclic) bond motifs is 1. The molecular weight excluding hydrogens is 586 g/mol. The zero-order valence-electron chi connectivity index (χ0n) is 26.8. The van der Waals surface area contributed by atoms with E-state index in [0.717, 1.165) is 84.5 Å². The second-order valence-corrected chi connectivity index (χ2v) is 12.9. The van der Waals surface area contributed by atoms with Crippen molar-refractivity contribution in [1.29, 1.82) is 0 Å². The minimum absolute atomic E-state index is 0.0844. The fourth-order valence-electron chi connectivity index (χ4n) is 6.61. The molecule has 242 valence electrons. The molecule has 0 unspecified atom stereocenters. The van der Waals surface area contributed by atoms with Gasteiger partial charge in [0.15, 0.2) is 5.65 Å². The first-order chi connectivity index (χ1) is 22.2. The second kappa shape index (κ2) is 12.0. The van der Waals surface area contributed by atoms with Crippen LogP contribution >= 0.6 is 0 Å². The highest BCUT2D eigenvalue weighted by Crippen LogP contribution is 2.41. The Morgan fingerprint density at radius 1 is 1.13 bits per heavy atom. The molecule has 4 aromatic rings. The summed E-state index contributed by atoms with van der Waals surface area (Å²) in [6.45, 7) is 6.60. The SMILES string of the molecule is COc1ccc(CN(C)c2cc(C)nc3c2ncn3C(=O)N[C@@H]2CC[C@H]2OCc2cc(N)cc(N3CC4(COC4)C3)c2)c(OC)c1.